The first-order chi connectivity index (χ1) is 6.18. The van der Waals surface area contributed by atoms with Gasteiger partial charge in [-0.05, 0) is 13.0 Å². The molecule has 2 heterocycles. The fourth-order valence-corrected chi connectivity index (χ4v) is 1.61. The second kappa shape index (κ2) is 3.09. The van der Waals surface area contributed by atoms with Gasteiger partial charge < -0.3 is 4.74 Å². The second-order valence-electron chi connectivity index (χ2n) is 2.98. The highest BCUT2D eigenvalue weighted by Gasteiger charge is 2.17. The molecule has 13 heavy (non-hydrogen) atoms. The van der Waals surface area contributed by atoms with Gasteiger partial charge in [-0.25, -0.2) is 4.98 Å². The quantitative estimate of drug-likeness (QED) is 0.511. The molecule has 0 N–H and O–H groups in total. The van der Waals surface area contributed by atoms with Crippen molar-refractivity contribution in [2.24, 2.45) is 0 Å². The Morgan fingerprint density at radius 1 is 1.62 bits per heavy atom. The number of nitrogens with zero attached hydrogens (tertiary/aromatic N) is 1. The van der Waals surface area contributed by atoms with Gasteiger partial charge in [0.2, 0.25) is 0 Å². The minimum Gasteiger partial charge on any atom is -0.370 e. The van der Waals surface area contributed by atoms with Crippen LogP contribution in [0.5, 0.6) is 0 Å². The standard InChI is InChI=1S/C9H8ClNO2/c1-5(12)7-2-6-3-13-4-8(6)11-9(7)10/h2H,3-4H2,1H3. The highest BCUT2D eigenvalue weighted by molar-refractivity contribution is 6.32. The zero-order valence-corrected chi connectivity index (χ0v) is 7.89. The lowest BCUT2D eigenvalue weighted by molar-refractivity contribution is 0.101. The van der Waals surface area contributed by atoms with Crippen LogP contribution < -0.4 is 0 Å². The summed E-state index contributed by atoms with van der Waals surface area (Å²) in [5.74, 6) is -0.0628. The Balaban J connectivity index is 2.55. The van der Waals surface area contributed by atoms with E-state index in [1.165, 1.54) is 6.92 Å². The van der Waals surface area contributed by atoms with E-state index in [2.05, 4.69) is 4.98 Å². The number of halogens is 1. The van der Waals surface area contributed by atoms with E-state index in [9.17, 15) is 4.79 Å². The van der Waals surface area contributed by atoms with Gasteiger partial charge in [-0.2, -0.15) is 0 Å². The molecule has 0 spiro atoms. The van der Waals surface area contributed by atoms with E-state index in [-0.39, 0.29) is 10.9 Å². The fourth-order valence-electron chi connectivity index (χ4n) is 1.32. The van der Waals surface area contributed by atoms with Crippen molar-refractivity contribution in [2.75, 3.05) is 0 Å². The van der Waals surface area contributed by atoms with Gasteiger partial charge in [0.25, 0.3) is 0 Å². The number of ether oxygens (including phenoxy) is 1. The Morgan fingerprint density at radius 3 is 3.08 bits per heavy atom. The van der Waals surface area contributed by atoms with E-state index in [4.69, 9.17) is 16.3 Å². The molecule has 1 aliphatic rings. The van der Waals surface area contributed by atoms with Crippen molar-refractivity contribution < 1.29 is 9.53 Å². The second-order valence-corrected chi connectivity index (χ2v) is 3.34. The Morgan fingerprint density at radius 2 is 2.38 bits per heavy atom. The largest absolute Gasteiger partial charge is 0.370 e. The summed E-state index contributed by atoms with van der Waals surface area (Å²) < 4.78 is 5.17. The number of ketones is 1. The maximum atomic E-state index is 11.1. The number of hydrogen-bond acceptors (Lipinski definition) is 3. The molecule has 0 aromatic carbocycles. The summed E-state index contributed by atoms with van der Waals surface area (Å²) in [6.07, 6.45) is 0. The third-order valence-electron chi connectivity index (χ3n) is 2.02. The van der Waals surface area contributed by atoms with Gasteiger partial charge in [-0.3, -0.25) is 4.79 Å². The highest BCUT2D eigenvalue weighted by Crippen LogP contribution is 2.23. The topological polar surface area (TPSA) is 39.2 Å². The van der Waals surface area contributed by atoms with Gasteiger partial charge in [-0.15, -0.1) is 0 Å². The van der Waals surface area contributed by atoms with Gasteiger partial charge >= 0.3 is 0 Å². The van der Waals surface area contributed by atoms with Crippen LogP contribution in [0.15, 0.2) is 6.07 Å². The molecule has 1 aromatic rings. The molecule has 0 amide bonds. The molecule has 0 unspecified atom stereocenters. The Labute approximate surface area is 80.7 Å². The number of carbonyl (C=O) groups excluding carboxylic acids is 1. The predicted molar refractivity (Wildman–Crippen MR) is 47.7 cm³/mol. The minimum atomic E-state index is -0.0628. The smallest absolute Gasteiger partial charge is 0.162 e. The van der Waals surface area contributed by atoms with Crippen molar-refractivity contribution >= 4 is 17.4 Å². The van der Waals surface area contributed by atoms with Gasteiger partial charge in [0.15, 0.2) is 5.78 Å². The zero-order valence-electron chi connectivity index (χ0n) is 7.13. The molecule has 0 fully saturated rings. The predicted octanol–water partition coefficient (Wildman–Crippen LogP) is 1.97. The average molecular weight is 198 g/mol. The van der Waals surface area contributed by atoms with Crippen molar-refractivity contribution in [3.05, 3.63) is 28.0 Å². The van der Waals surface area contributed by atoms with E-state index >= 15 is 0 Å². The van der Waals surface area contributed by atoms with Crippen molar-refractivity contribution in [2.45, 2.75) is 20.1 Å². The molecule has 3 nitrogen and oxygen atoms in total. The van der Waals surface area contributed by atoms with Crippen molar-refractivity contribution in [1.29, 1.82) is 0 Å². The summed E-state index contributed by atoms with van der Waals surface area (Å²) in [5.41, 5.74) is 2.29. The Bertz CT molecular complexity index is 376. The van der Waals surface area contributed by atoms with E-state index in [1.807, 2.05) is 0 Å². The Hall–Kier alpha value is -0.930. The van der Waals surface area contributed by atoms with Crippen LogP contribution >= 0.6 is 11.6 Å². The van der Waals surface area contributed by atoms with E-state index in [0.29, 0.717) is 18.8 Å². The lowest BCUT2D eigenvalue weighted by Crippen LogP contribution is -1.99. The minimum absolute atomic E-state index is 0.0628. The van der Waals surface area contributed by atoms with Crippen molar-refractivity contribution in [3.63, 3.8) is 0 Å². The number of aromatic nitrogens is 1. The SMILES string of the molecule is CC(=O)c1cc2c(nc1Cl)COC2. The summed E-state index contributed by atoms with van der Waals surface area (Å²) in [6, 6.07) is 1.76. The molecule has 68 valence electrons. The maximum Gasteiger partial charge on any atom is 0.162 e. The highest BCUT2D eigenvalue weighted by atomic mass is 35.5. The monoisotopic (exact) mass is 197 g/mol. The van der Waals surface area contributed by atoms with Gasteiger partial charge in [0, 0.05) is 5.56 Å². The molecule has 0 radical (unpaired) electrons. The van der Waals surface area contributed by atoms with Gasteiger partial charge in [0.1, 0.15) is 5.15 Å². The lowest BCUT2D eigenvalue weighted by Gasteiger charge is -2.01. The summed E-state index contributed by atoms with van der Waals surface area (Å²) in [6.45, 7) is 2.50. The first-order valence-corrected chi connectivity index (χ1v) is 4.33. The molecular formula is C9H8ClNO2. The number of Topliss-reactive ketones (excluding diaryl/α,β-unsaturated/α-hetero) is 1. The van der Waals surface area contributed by atoms with E-state index in [1.54, 1.807) is 6.07 Å². The normalized spacial score (nSPS) is 14.3. The van der Waals surface area contributed by atoms with Crippen LogP contribution in [0.4, 0.5) is 0 Å². The number of hydrogen-bond donors (Lipinski definition) is 0. The van der Waals surface area contributed by atoms with Crippen LogP contribution in [0.2, 0.25) is 5.15 Å². The molecule has 1 aromatic heterocycles. The van der Waals surface area contributed by atoms with Crippen LogP contribution in [0.25, 0.3) is 0 Å². The van der Waals surface area contributed by atoms with Crippen LogP contribution in [0, 0.1) is 0 Å². The van der Waals surface area contributed by atoms with E-state index in [0.717, 1.165) is 11.3 Å². The first kappa shape index (κ1) is 8.66. The Kier molecular flexibility index (Phi) is 2.06. The van der Waals surface area contributed by atoms with Gasteiger partial charge in [-0.1, -0.05) is 11.6 Å². The lowest BCUT2D eigenvalue weighted by atomic mass is 10.1. The number of carbonyl (C=O) groups is 1. The molecular weight excluding hydrogens is 190 g/mol. The molecule has 0 atom stereocenters. The van der Waals surface area contributed by atoms with Crippen LogP contribution in [-0.4, -0.2) is 10.8 Å². The van der Waals surface area contributed by atoms with E-state index < -0.39 is 0 Å². The van der Waals surface area contributed by atoms with Crippen LogP contribution in [-0.2, 0) is 18.0 Å². The summed E-state index contributed by atoms with van der Waals surface area (Å²) in [5, 5.41) is 0.275. The average Bonchev–Trinajstić information content (AvgIpc) is 2.48. The summed E-state index contributed by atoms with van der Waals surface area (Å²) >= 11 is 5.82. The summed E-state index contributed by atoms with van der Waals surface area (Å²) in [7, 11) is 0. The fraction of sp³-hybridized carbons (Fsp3) is 0.333. The molecule has 0 saturated heterocycles. The third-order valence-corrected chi connectivity index (χ3v) is 2.31. The number of pyridine rings is 1. The summed E-state index contributed by atoms with van der Waals surface area (Å²) in [4.78, 5) is 15.2. The number of fused-ring (bicyclic) bond motifs is 1. The molecule has 1 aliphatic heterocycles. The number of rotatable bonds is 1. The van der Waals surface area contributed by atoms with Crippen LogP contribution in [0.1, 0.15) is 28.5 Å². The zero-order chi connectivity index (χ0) is 9.42. The van der Waals surface area contributed by atoms with Gasteiger partial charge in [0.05, 0.1) is 24.5 Å². The first-order valence-electron chi connectivity index (χ1n) is 3.95. The van der Waals surface area contributed by atoms with Crippen LogP contribution in [0.3, 0.4) is 0 Å². The maximum absolute atomic E-state index is 11.1. The molecule has 4 heteroatoms. The molecule has 0 saturated carbocycles. The third kappa shape index (κ3) is 1.45. The van der Waals surface area contributed by atoms with Crippen molar-refractivity contribution in [1.82, 2.24) is 4.98 Å². The molecule has 2 rings (SSSR count). The molecule has 0 bridgehead atoms. The molecule has 0 aliphatic carbocycles. The van der Waals surface area contributed by atoms with Crippen molar-refractivity contribution in [3.8, 4) is 0 Å².